The molecule has 1 aromatic carbocycles. The van der Waals surface area contributed by atoms with Gasteiger partial charge >= 0.3 is 0 Å². The first kappa shape index (κ1) is 11.3. The van der Waals surface area contributed by atoms with Crippen LogP contribution in [0.1, 0.15) is 45.6 Å². The first-order valence-corrected chi connectivity index (χ1v) is 5.74. The maximum Gasteiger partial charge on any atom is -0.0225 e. The van der Waals surface area contributed by atoms with Gasteiger partial charge in [0.15, 0.2) is 0 Å². The summed E-state index contributed by atoms with van der Waals surface area (Å²) in [5.41, 5.74) is 1.97. The van der Waals surface area contributed by atoms with E-state index in [9.17, 15) is 0 Å². The van der Waals surface area contributed by atoms with Crippen molar-refractivity contribution in [3.63, 3.8) is 0 Å². The highest BCUT2D eigenvalue weighted by Gasteiger charge is 2.20. The van der Waals surface area contributed by atoms with E-state index in [0.717, 1.165) is 0 Å². The standard InChI is InChI=1S/C14H22/c1-4-11-14(3,5-2)12-13-9-7-6-8-10-13/h6-10H,4-5,11-12H2,1-3H3. The monoisotopic (exact) mass is 190 g/mol. The summed E-state index contributed by atoms with van der Waals surface area (Å²) in [4.78, 5) is 0. The van der Waals surface area contributed by atoms with Crippen LogP contribution in [0.25, 0.3) is 0 Å². The Kier molecular flexibility index (Phi) is 4.19. The molecule has 0 bridgehead atoms. The van der Waals surface area contributed by atoms with Gasteiger partial charge < -0.3 is 0 Å². The number of hydrogen-bond donors (Lipinski definition) is 0. The van der Waals surface area contributed by atoms with Crippen LogP contribution in [0.2, 0.25) is 0 Å². The first-order valence-electron chi connectivity index (χ1n) is 5.74. The third kappa shape index (κ3) is 3.17. The third-order valence-corrected chi connectivity index (χ3v) is 3.18. The molecule has 0 amide bonds. The van der Waals surface area contributed by atoms with Crippen molar-refractivity contribution in [2.24, 2.45) is 5.41 Å². The van der Waals surface area contributed by atoms with Crippen LogP contribution in [0.5, 0.6) is 0 Å². The molecule has 0 N–H and O–H groups in total. The van der Waals surface area contributed by atoms with Crippen molar-refractivity contribution in [3.8, 4) is 0 Å². The van der Waals surface area contributed by atoms with Gasteiger partial charge in [0, 0.05) is 0 Å². The second kappa shape index (κ2) is 5.19. The molecule has 0 fully saturated rings. The summed E-state index contributed by atoms with van der Waals surface area (Å²) in [6, 6.07) is 10.8. The summed E-state index contributed by atoms with van der Waals surface area (Å²) in [6.45, 7) is 6.99. The van der Waals surface area contributed by atoms with Crippen molar-refractivity contribution in [1.82, 2.24) is 0 Å². The Morgan fingerprint density at radius 2 is 1.71 bits per heavy atom. The zero-order valence-electron chi connectivity index (χ0n) is 9.72. The van der Waals surface area contributed by atoms with Crippen molar-refractivity contribution in [1.29, 1.82) is 0 Å². The van der Waals surface area contributed by atoms with Gasteiger partial charge in [0.2, 0.25) is 0 Å². The summed E-state index contributed by atoms with van der Waals surface area (Å²) in [5, 5.41) is 0. The topological polar surface area (TPSA) is 0 Å². The lowest BCUT2D eigenvalue weighted by molar-refractivity contribution is 0.279. The van der Waals surface area contributed by atoms with Crippen molar-refractivity contribution < 1.29 is 0 Å². The molecule has 0 spiro atoms. The fourth-order valence-electron chi connectivity index (χ4n) is 2.08. The lowest BCUT2D eigenvalue weighted by atomic mass is 9.78. The smallest absolute Gasteiger partial charge is 0.0225 e. The highest BCUT2D eigenvalue weighted by Crippen LogP contribution is 2.31. The Morgan fingerprint density at radius 3 is 2.21 bits per heavy atom. The molecule has 0 aliphatic rings. The van der Waals surface area contributed by atoms with E-state index in [1.165, 1.54) is 31.2 Å². The van der Waals surface area contributed by atoms with Crippen LogP contribution in [0.4, 0.5) is 0 Å². The SMILES string of the molecule is CCCC(C)(CC)Cc1ccccc1. The second-order valence-electron chi connectivity index (χ2n) is 4.58. The zero-order valence-corrected chi connectivity index (χ0v) is 9.72. The van der Waals surface area contributed by atoms with Gasteiger partial charge in [-0.05, 0) is 23.8 Å². The lowest BCUT2D eigenvalue weighted by Crippen LogP contribution is -2.18. The van der Waals surface area contributed by atoms with E-state index in [1.54, 1.807) is 0 Å². The van der Waals surface area contributed by atoms with E-state index in [1.807, 2.05) is 0 Å². The summed E-state index contributed by atoms with van der Waals surface area (Å²) in [5.74, 6) is 0. The van der Waals surface area contributed by atoms with Gasteiger partial charge in [-0.2, -0.15) is 0 Å². The van der Waals surface area contributed by atoms with E-state index < -0.39 is 0 Å². The maximum atomic E-state index is 2.41. The molecule has 0 heteroatoms. The summed E-state index contributed by atoms with van der Waals surface area (Å²) >= 11 is 0. The highest BCUT2D eigenvalue weighted by atomic mass is 14.3. The lowest BCUT2D eigenvalue weighted by Gasteiger charge is -2.28. The average molecular weight is 190 g/mol. The van der Waals surface area contributed by atoms with Crippen LogP contribution in [0.15, 0.2) is 30.3 Å². The minimum Gasteiger partial charge on any atom is -0.0654 e. The molecule has 0 heterocycles. The molecule has 78 valence electrons. The molecule has 0 radical (unpaired) electrons. The molecular weight excluding hydrogens is 168 g/mol. The summed E-state index contributed by atoms with van der Waals surface area (Å²) < 4.78 is 0. The van der Waals surface area contributed by atoms with E-state index in [4.69, 9.17) is 0 Å². The summed E-state index contributed by atoms with van der Waals surface area (Å²) in [6.07, 6.45) is 5.11. The Balaban J connectivity index is 2.65. The van der Waals surface area contributed by atoms with Gasteiger partial charge in [0.05, 0.1) is 0 Å². The van der Waals surface area contributed by atoms with Gasteiger partial charge in [-0.1, -0.05) is 63.9 Å². The minimum absolute atomic E-state index is 0.496. The zero-order chi connectivity index (χ0) is 10.4. The van der Waals surface area contributed by atoms with Crippen molar-refractivity contribution in [2.45, 2.75) is 46.5 Å². The van der Waals surface area contributed by atoms with Gasteiger partial charge in [-0.3, -0.25) is 0 Å². The van der Waals surface area contributed by atoms with Crippen LogP contribution >= 0.6 is 0 Å². The largest absolute Gasteiger partial charge is 0.0654 e. The van der Waals surface area contributed by atoms with E-state index >= 15 is 0 Å². The maximum absolute atomic E-state index is 2.41. The Labute approximate surface area is 88.4 Å². The second-order valence-corrected chi connectivity index (χ2v) is 4.58. The molecular formula is C14H22. The molecule has 0 saturated heterocycles. The van der Waals surface area contributed by atoms with Crippen LogP contribution in [-0.4, -0.2) is 0 Å². The first-order chi connectivity index (χ1) is 6.70. The third-order valence-electron chi connectivity index (χ3n) is 3.18. The van der Waals surface area contributed by atoms with Crippen molar-refractivity contribution in [3.05, 3.63) is 35.9 Å². The number of hydrogen-bond acceptors (Lipinski definition) is 0. The van der Waals surface area contributed by atoms with Gasteiger partial charge in [0.25, 0.3) is 0 Å². The van der Waals surface area contributed by atoms with Gasteiger partial charge in [-0.25, -0.2) is 0 Å². The van der Waals surface area contributed by atoms with Crippen LogP contribution < -0.4 is 0 Å². The van der Waals surface area contributed by atoms with Gasteiger partial charge in [-0.15, -0.1) is 0 Å². The van der Waals surface area contributed by atoms with Crippen LogP contribution in [0, 0.1) is 5.41 Å². The van der Waals surface area contributed by atoms with Crippen LogP contribution in [-0.2, 0) is 6.42 Å². The summed E-state index contributed by atoms with van der Waals surface area (Å²) in [7, 11) is 0. The Hall–Kier alpha value is -0.780. The molecule has 0 nitrogen and oxygen atoms in total. The predicted octanol–water partition coefficient (Wildman–Crippen LogP) is 4.45. The molecule has 1 rings (SSSR count). The van der Waals surface area contributed by atoms with Crippen molar-refractivity contribution in [2.75, 3.05) is 0 Å². The average Bonchev–Trinajstić information content (AvgIpc) is 2.20. The van der Waals surface area contributed by atoms with E-state index in [0.29, 0.717) is 5.41 Å². The van der Waals surface area contributed by atoms with Gasteiger partial charge in [0.1, 0.15) is 0 Å². The molecule has 0 saturated carbocycles. The number of benzene rings is 1. The Bertz CT molecular complexity index is 250. The minimum atomic E-state index is 0.496. The molecule has 0 aliphatic carbocycles. The fraction of sp³-hybridized carbons (Fsp3) is 0.571. The molecule has 14 heavy (non-hydrogen) atoms. The normalized spacial score (nSPS) is 15.1. The molecule has 0 aliphatic heterocycles. The quantitative estimate of drug-likeness (QED) is 0.643. The fourth-order valence-corrected chi connectivity index (χ4v) is 2.08. The predicted molar refractivity (Wildman–Crippen MR) is 63.5 cm³/mol. The van der Waals surface area contributed by atoms with Crippen molar-refractivity contribution >= 4 is 0 Å². The molecule has 1 aromatic rings. The van der Waals surface area contributed by atoms with Crippen LogP contribution in [0.3, 0.4) is 0 Å². The molecule has 1 atom stereocenters. The Morgan fingerprint density at radius 1 is 1.07 bits per heavy atom. The van der Waals surface area contributed by atoms with E-state index in [2.05, 4.69) is 51.1 Å². The van der Waals surface area contributed by atoms with E-state index in [-0.39, 0.29) is 0 Å². The molecule has 1 unspecified atom stereocenters. The number of rotatable bonds is 5. The molecule has 0 aromatic heterocycles. The highest BCUT2D eigenvalue weighted by molar-refractivity contribution is 5.16.